The fourth-order valence-electron chi connectivity index (χ4n) is 3.30. The summed E-state index contributed by atoms with van der Waals surface area (Å²) >= 11 is 0. The molecule has 0 saturated carbocycles. The number of nitro benzene ring substituents is 1. The average molecular weight is 485 g/mol. The number of piperidine rings is 1. The second-order valence-electron chi connectivity index (χ2n) is 7.33. The molecule has 0 atom stereocenters. The highest BCUT2D eigenvalue weighted by Gasteiger charge is 2.20. The maximum Gasteiger partial charge on any atom is 0.339 e. The van der Waals surface area contributed by atoms with Gasteiger partial charge in [0.05, 0.1) is 11.5 Å². The number of benzene rings is 2. The van der Waals surface area contributed by atoms with Gasteiger partial charge in [0.1, 0.15) is 22.7 Å². The molecule has 0 aromatic heterocycles. The smallest absolute Gasteiger partial charge is 0.339 e. The third-order valence-corrected chi connectivity index (χ3v) is 6.19. The summed E-state index contributed by atoms with van der Waals surface area (Å²) in [4.78, 5) is 12.0. The molecular weight excluding hydrogens is 460 g/mol. The zero-order valence-electron chi connectivity index (χ0n) is 17.4. The Morgan fingerprint density at radius 2 is 1.81 bits per heavy atom. The van der Waals surface area contributed by atoms with Gasteiger partial charge in [-0.1, -0.05) is 0 Å². The molecule has 0 unspecified atom stereocenters. The van der Waals surface area contributed by atoms with E-state index in [2.05, 4.69) is 10.0 Å². The quantitative estimate of drug-likeness (QED) is 0.151. The van der Waals surface area contributed by atoms with Gasteiger partial charge in [-0.3, -0.25) is 10.1 Å². The van der Waals surface area contributed by atoms with Crippen molar-refractivity contribution in [2.45, 2.75) is 24.7 Å². The van der Waals surface area contributed by atoms with Gasteiger partial charge in [0.25, 0.3) is 5.69 Å². The molecule has 1 saturated heterocycles. The Labute approximate surface area is 192 Å². The highest BCUT2D eigenvalue weighted by Crippen LogP contribution is 2.27. The van der Waals surface area contributed by atoms with Crippen LogP contribution in [0.5, 0.6) is 11.5 Å². The lowest BCUT2D eigenvalue weighted by Gasteiger charge is -2.30. The second-order valence-corrected chi connectivity index (χ2v) is 8.87. The number of nitro groups is 1. The summed E-state index contributed by atoms with van der Waals surface area (Å²) < 4.78 is 36.2. The van der Waals surface area contributed by atoms with Gasteiger partial charge in [-0.2, -0.15) is 13.5 Å². The molecule has 0 radical (unpaired) electrons. The predicted octanol–water partition coefficient (Wildman–Crippen LogP) is 3.09. The highest BCUT2D eigenvalue weighted by molar-refractivity contribution is 7.87. The van der Waals surface area contributed by atoms with Crippen LogP contribution in [0.25, 0.3) is 0 Å². The Hall–Kier alpha value is -3.05. The molecule has 12 heteroatoms. The van der Waals surface area contributed by atoms with E-state index in [1.807, 2.05) is 13.0 Å². The third-order valence-electron chi connectivity index (χ3n) is 4.93. The monoisotopic (exact) mass is 484 g/mol. The number of likely N-dealkylation sites (tertiary alicyclic amines) is 1. The summed E-state index contributed by atoms with van der Waals surface area (Å²) in [6, 6.07) is 9.43. The number of non-ortho nitro benzene ring substituents is 1. The van der Waals surface area contributed by atoms with Crippen molar-refractivity contribution < 1.29 is 22.3 Å². The Morgan fingerprint density at radius 1 is 1.19 bits per heavy atom. The molecule has 10 nitrogen and oxygen atoms in total. The number of nitrogens with two attached hydrogens (primary N) is 1. The van der Waals surface area contributed by atoms with Crippen molar-refractivity contribution in [1.29, 1.82) is 0 Å². The average Bonchev–Trinajstić information content (AvgIpc) is 2.73. The number of hydrazone groups is 1. The standard InChI is InChI=1S/C20H24N4O6S.ClH/c1-15-10-18(29-13-16-6-8-23(9-7-16)14-22-21)12-19(11-15)30-31(27,28)20-4-2-17(3-5-20)24(25)26;/h2-5,10-12,14,16H,6-9,13,21H2,1H3;1H. The van der Waals surface area contributed by atoms with E-state index in [0.29, 0.717) is 18.3 Å². The van der Waals surface area contributed by atoms with E-state index < -0.39 is 15.0 Å². The van der Waals surface area contributed by atoms with Crippen molar-refractivity contribution in [3.05, 3.63) is 58.1 Å². The van der Waals surface area contributed by atoms with E-state index in [0.717, 1.165) is 55.8 Å². The van der Waals surface area contributed by atoms with Crippen molar-refractivity contribution in [2.75, 3.05) is 19.7 Å². The van der Waals surface area contributed by atoms with Crippen LogP contribution in [0.4, 0.5) is 5.69 Å². The van der Waals surface area contributed by atoms with Crippen LogP contribution in [0, 0.1) is 23.0 Å². The molecule has 0 amide bonds. The minimum absolute atomic E-state index is 0. The first-order valence-corrected chi connectivity index (χ1v) is 11.1. The van der Waals surface area contributed by atoms with E-state index in [1.165, 1.54) is 6.07 Å². The molecule has 32 heavy (non-hydrogen) atoms. The largest absolute Gasteiger partial charge is 0.493 e. The number of hydrogen-bond acceptors (Lipinski definition) is 8. The van der Waals surface area contributed by atoms with Crippen LogP contribution in [0.15, 0.2) is 52.5 Å². The SMILES string of the molecule is Cc1cc(OCC2CCN(C=NN)CC2)cc(OS(=O)(=O)c2ccc([N+](=O)[O-])cc2)c1.Cl. The summed E-state index contributed by atoms with van der Waals surface area (Å²) in [7, 11) is -4.14. The van der Waals surface area contributed by atoms with Crippen LogP contribution in [0.1, 0.15) is 18.4 Å². The lowest BCUT2D eigenvalue weighted by molar-refractivity contribution is -0.384. The van der Waals surface area contributed by atoms with Gasteiger partial charge in [-0.15, -0.1) is 12.4 Å². The van der Waals surface area contributed by atoms with Crippen molar-refractivity contribution in [2.24, 2.45) is 16.9 Å². The predicted molar refractivity (Wildman–Crippen MR) is 122 cm³/mol. The van der Waals surface area contributed by atoms with Gasteiger partial charge < -0.3 is 19.7 Å². The Balaban J connectivity index is 0.00000363. The molecule has 2 aromatic carbocycles. The topological polar surface area (TPSA) is 137 Å². The Kier molecular flexibility index (Phi) is 8.67. The summed E-state index contributed by atoms with van der Waals surface area (Å²) in [6.07, 6.45) is 3.51. The molecule has 0 bridgehead atoms. The fourth-order valence-corrected chi connectivity index (χ4v) is 4.21. The Morgan fingerprint density at radius 3 is 2.41 bits per heavy atom. The molecule has 2 aromatic rings. The van der Waals surface area contributed by atoms with E-state index in [9.17, 15) is 18.5 Å². The molecule has 2 N–H and O–H groups in total. The number of aryl methyl sites for hydroxylation is 1. The van der Waals surface area contributed by atoms with Crippen LogP contribution in [-0.2, 0) is 10.1 Å². The van der Waals surface area contributed by atoms with Gasteiger partial charge in [0.2, 0.25) is 0 Å². The van der Waals surface area contributed by atoms with E-state index in [4.69, 9.17) is 14.8 Å². The minimum Gasteiger partial charge on any atom is -0.493 e. The number of halogens is 1. The molecule has 0 spiro atoms. The number of rotatable bonds is 8. The lowest BCUT2D eigenvalue weighted by atomic mass is 9.98. The third kappa shape index (κ3) is 6.72. The molecule has 1 fully saturated rings. The maximum atomic E-state index is 12.5. The van der Waals surface area contributed by atoms with Crippen LogP contribution in [0.2, 0.25) is 0 Å². The second kappa shape index (κ2) is 11.0. The van der Waals surface area contributed by atoms with Crippen LogP contribution < -0.4 is 14.8 Å². The van der Waals surface area contributed by atoms with Gasteiger partial charge in [0, 0.05) is 31.3 Å². The number of hydrogen-bond donors (Lipinski definition) is 1. The minimum atomic E-state index is -4.14. The summed E-state index contributed by atoms with van der Waals surface area (Å²) in [5, 5.41) is 14.3. The van der Waals surface area contributed by atoms with Crippen LogP contribution >= 0.6 is 12.4 Å². The van der Waals surface area contributed by atoms with Crippen LogP contribution in [-0.4, -0.2) is 44.3 Å². The first-order chi connectivity index (χ1) is 14.8. The van der Waals surface area contributed by atoms with Crippen molar-refractivity contribution >= 4 is 34.6 Å². The highest BCUT2D eigenvalue weighted by atomic mass is 35.5. The number of nitrogens with zero attached hydrogens (tertiary/aromatic N) is 3. The summed E-state index contributed by atoms with van der Waals surface area (Å²) in [6.45, 7) is 4.02. The lowest BCUT2D eigenvalue weighted by Crippen LogP contribution is -2.34. The molecule has 1 heterocycles. The van der Waals surface area contributed by atoms with Crippen LogP contribution in [0.3, 0.4) is 0 Å². The summed E-state index contributed by atoms with van der Waals surface area (Å²) in [5.41, 5.74) is 0.576. The Bertz CT molecular complexity index is 1050. The van der Waals surface area contributed by atoms with Gasteiger partial charge >= 0.3 is 10.1 Å². The zero-order valence-corrected chi connectivity index (χ0v) is 19.0. The molecule has 174 valence electrons. The van der Waals surface area contributed by atoms with Gasteiger partial charge in [0.15, 0.2) is 0 Å². The van der Waals surface area contributed by atoms with E-state index in [-0.39, 0.29) is 28.7 Å². The summed E-state index contributed by atoms with van der Waals surface area (Å²) in [5.74, 6) is 6.18. The van der Waals surface area contributed by atoms with Crippen molar-refractivity contribution in [1.82, 2.24) is 4.90 Å². The first-order valence-electron chi connectivity index (χ1n) is 9.68. The molecule has 1 aliphatic heterocycles. The first kappa shape index (κ1) is 25.2. The van der Waals surface area contributed by atoms with E-state index in [1.54, 1.807) is 12.4 Å². The zero-order chi connectivity index (χ0) is 22.4. The van der Waals surface area contributed by atoms with Gasteiger partial charge in [-0.25, -0.2) is 0 Å². The van der Waals surface area contributed by atoms with E-state index >= 15 is 0 Å². The van der Waals surface area contributed by atoms with Crippen molar-refractivity contribution in [3.8, 4) is 11.5 Å². The molecular formula is C20H25ClN4O6S. The maximum absolute atomic E-state index is 12.5. The van der Waals surface area contributed by atoms with Crippen molar-refractivity contribution in [3.63, 3.8) is 0 Å². The number of ether oxygens (including phenoxy) is 1. The normalized spacial score (nSPS) is 14.7. The fraction of sp³-hybridized carbons (Fsp3) is 0.350. The molecule has 1 aliphatic rings. The molecule has 0 aliphatic carbocycles. The van der Waals surface area contributed by atoms with Gasteiger partial charge in [-0.05, 0) is 55.5 Å². The molecule has 3 rings (SSSR count).